The number of aromatic nitrogens is 3. The fourth-order valence-corrected chi connectivity index (χ4v) is 3.78. The van der Waals surface area contributed by atoms with Crippen molar-refractivity contribution in [2.45, 2.75) is 11.4 Å². The first-order valence-electron chi connectivity index (χ1n) is 6.63. The lowest BCUT2D eigenvalue weighted by Gasteiger charge is -2.05. The van der Waals surface area contributed by atoms with E-state index in [0.29, 0.717) is 5.52 Å². The molecule has 114 valence electrons. The van der Waals surface area contributed by atoms with Crippen molar-refractivity contribution in [3.8, 4) is 0 Å². The Morgan fingerprint density at radius 1 is 1.09 bits per heavy atom. The lowest BCUT2D eigenvalue weighted by molar-refractivity contribution is 0.583. The molecule has 0 amide bonds. The van der Waals surface area contributed by atoms with E-state index in [9.17, 15) is 13.2 Å². The molecule has 3 rings (SSSR count). The molecule has 0 saturated carbocycles. The topological polar surface area (TPSA) is 100.0 Å². The minimum atomic E-state index is -3.98. The fourth-order valence-electron chi connectivity index (χ4n) is 2.35. The highest BCUT2D eigenvalue weighted by molar-refractivity contribution is 7.90. The van der Waals surface area contributed by atoms with Crippen LogP contribution in [0.5, 0.6) is 0 Å². The van der Waals surface area contributed by atoms with Gasteiger partial charge in [0.2, 0.25) is 0 Å². The molecule has 0 fully saturated rings. The Kier molecular flexibility index (Phi) is 3.55. The smallest absolute Gasteiger partial charge is 0.329 e. The van der Waals surface area contributed by atoms with Crippen molar-refractivity contribution in [2.24, 2.45) is 5.73 Å². The molecule has 2 heterocycles. The Labute approximate surface area is 126 Å². The van der Waals surface area contributed by atoms with E-state index in [1.807, 2.05) is 0 Å². The zero-order valence-electron chi connectivity index (χ0n) is 11.6. The van der Waals surface area contributed by atoms with Gasteiger partial charge in [0.05, 0.1) is 22.1 Å². The highest BCUT2D eigenvalue weighted by Crippen LogP contribution is 2.18. The Morgan fingerprint density at radius 2 is 1.82 bits per heavy atom. The molecule has 7 nitrogen and oxygen atoms in total. The van der Waals surface area contributed by atoms with Crippen LogP contribution in [0, 0.1) is 0 Å². The summed E-state index contributed by atoms with van der Waals surface area (Å²) >= 11 is 0. The summed E-state index contributed by atoms with van der Waals surface area (Å²) in [7, 11) is -3.98. The van der Waals surface area contributed by atoms with Gasteiger partial charge in [-0.3, -0.25) is 9.55 Å². The number of imidazole rings is 1. The second-order valence-corrected chi connectivity index (χ2v) is 6.46. The number of fused-ring (bicyclic) bond motifs is 1. The molecule has 1 aromatic carbocycles. The maximum absolute atomic E-state index is 12.8. The molecule has 0 saturated heterocycles. The molecular formula is C14H14N4O3S. The van der Waals surface area contributed by atoms with E-state index in [-0.39, 0.29) is 23.5 Å². The molecule has 2 N–H and O–H groups in total. The maximum Gasteiger partial charge on any atom is 0.343 e. The van der Waals surface area contributed by atoms with Gasteiger partial charge in [-0.05, 0) is 18.2 Å². The SMILES string of the molecule is NCCn1c(=O)n(S(=O)(=O)c2ccccc2)c2ccncc21. The standard InChI is InChI=1S/C14H14N4O3S/c15-7-9-17-13-10-16-8-6-12(13)18(14(17)19)22(20,21)11-4-2-1-3-5-11/h1-6,8,10H,7,9,15H2. The maximum atomic E-state index is 12.8. The van der Waals surface area contributed by atoms with Crippen molar-refractivity contribution in [2.75, 3.05) is 6.54 Å². The molecule has 0 aliphatic rings. The normalized spacial score (nSPS) is 11.9. The van der Waals surface area contributed by atoms with E-state index >= 15 is 0 Å². The molecule has 0 atom stereocenters. The number of nitrogens with two attached hydrogens (primary N) is 1. The molecule has 3 aromatic rings. The highest BCUT2D eigenvalue weighted by atomic mass is 32.2. The van der Waals surface area contributed by atoms with Gasteiger partial charge in [-0.15, -0.1) is 0 Å². The predicted molar refractivity (Wildman–Crippen MR) is 82.1 cm³/mol. The van der Waals surface area contributed by atoms with Crippen molar-refractivity contribution in [1.29, 1.82) is 0 Å². The average molecular weight is 318 g/mol. The number of rotatable bonds is 4. The van der Waals surface area contributed by atoms with Gasteiger partial charge in [0, 0.05) is 19.3 Å². The van der Waals surface area contributed by atoms with Crippen LogP contribution in [0.2, 0.25) is 0 Å². The molecule has 8 heteroatoms. The Balaban J connectivity index is 2.37. The summed E-state index contributed by atoms with van der Waals surface area (Å²) in [4.78, 5) is 16.6. The molecule has 0 unspecified atom stereocenters. The minimum Gasteiger partial charge on any atom is -0.329 e. The molecule has 0 radical (unpaired) electrons. The molecule has 22 heavy (non-hydrogen) atoms. The Morgan fingerprint density at radius 3 is 2.50 bits per heavy atom. The zero-order chi connectivity index (χ0) is 15.7. The molecular weight excluding hydrogens is 304 g/mol. The van der Waals surface area contributed by atoms with Crippen LogP contribution >= 0.6 is 0 Å². The number of pyridine rings is 1. The van der Waals surface area contributed by atoms with Crippen LogP contribution in [-0.4, -0.2) is 28.5 Å². The summed E-state index contributed by atoms with van der Waals surface area (Å²) in [5, 5.41) is 0. The lowest BCUT2D eigenvalue weighted by Crippen LogP contribution is -2.31. The first-order valence-corrected chi connectivity index (χ1v) is 8.07. The first-order chi connectivity index (χ1) is 10.6. The average Bonchev–Trinajstić information content (AvgIpc) is 2.82. The van der Waals surface area contributed by atoms with Crippen LogP contribution in [0.1, 0.15) is 0 Å². The summed E-state index contributed by atoms with van der Waals surface area (Å²) in [5.41, 5.74) is 5.60. The number of benzene rings is 1. The third-order valence-corrected chi connectivity index (χ3v) is 5.03. The number of hydrogen-bond donors (Lipinski definition) is 1. The summed E-state index contributed by atoms with van der Waals surface area (Å²) in [5.74, 6) is 0. The van der Waals surface area contributed by atoms with Crippen LogP contribution < -0.4 is 11.4 Å². The van der Waals surface area contributed by atoms with E-state index in [1.54, 1.807) is 18.2 Å². The summed E-state index contributed by atoms with van der Waals surface area (Å²) in [6.45, 7) is 0.442. The Bertz CT molecular complexity index is 974. The number of hydrogen-bond acceptors (Lipinski definition) is 5. The van der Waals surface area contributed by atoms with Gasteiger partial charge in [-0.2, -0.15) is 3.97 Å². The highest BCUT2D eigenvalue weighted by Gasteiger charge is 2.24. The summed E-state index contributed by atoms with van der Waals surface area (Å²) < 4.78 is 27.7. The van der Waals surface area contributed by atoms with Crippen molar-refractivity contribution >= 4 is 21.1 Å². The summed E-state index contributed by atoms with van der Waals surface area (Å²) in [6, 6.07) is 9.34. The van der Waals surface area contributed by atoms with E-state index in [0.717, 1.165) is 3.97 Å². The number of nitrogens with zero attached hydrogens (tertiary/aromatic N) is 3. The zero-order valence-corrected chi connectivity index (χ0v) is 12.4. The quantitative estimate of drug-likeness (QED) is 0.750. The third kappa shape index (κ3) is 2.13. The molecule has 0 aliphatic heterocycles. The van der Waals surface area contributed by atoms with Crippen LogP contribution in [0.4, 0.5) is 0 Å². The van der Waals surface area contributed by atoms with E-state index in [1.165, 1.54) is 35.2 Å². The van der Waals surface area contributed by atoms with E-state index in [4.69, 9.17) is 5.73 Å². The van der Waals surface area contributed by atoms with Gasteiger partial charge < -0.3 is 5.73 Å². The van der Waals surface area contributed by atoms with Crippen LogP contribution in [0.25, 0.3) is 11.0 Å². The van der Waals surface area contributed by atoms with Crippen molar-refractivity contribution < 1.29 is 8.42 Å². The fraction of sp³-hybridized carbons (Fsp3) is 0.143. The van der Waals surface area contributed by atoms with Crippen LogP contribution in [0.3, 0.4) is 0 Å². The lowest BCUT2D eigenvalue weighted by atomic mass is 10.4. The molecule has 0 bridgehead atoms. The molecule has 0 aliphatic carbocycles. The van der Waals surface area contributed by atoms with Gasteiger partial charge in [0.15, 0.2) is 0 Å². The second kappa shape index (κ2) is 5.39. The summed E-state index contributed by atoms with van der Waals surface area (Å²) in [6.07, 6.45) is 2.91. The second-order valence-electron chi connectivity index (χ2n) is 4.67. The molecule has 2 aromatic heterocycles. The van der Waals surface area contributed by atoms with Crippen LogP contribution in [-0.2, 0) is 16.6 Å². The van der Waals surface area contributed by atoms with Crippen molar-refractivity contribution in [3.63, 3.8) is 0 Å². The van der Waals surface area contributed by atoms with Crippen LogP contribution in [0.15, 0.2) is 58.5 Å². The minimum absolute atomic E-state index is 0.0562. The van der Waals surface area contributed by atoms with Gasteiger partial charge >= 0.3 is 5.69 Å². The van der Waals surface area contributed by atoms with Crippen molar-refractivity contribution in [1.82, 2.24) is 13.5 Å². The van der Waals surface area contributed by atoms with Gasteiger partial charge in [0.1, 0.15) is 0 Å². The predicted octanol–water partition coefficient (Wildman–Crippen LogP) is 0.394. The monoisotopic (exact) mass is 318 g/mol. The Hall–Kier alpha value is -2.45. The van der Waals surface area contributed by atoms with Gasteiger partial charge in [-0.1, -0.05) is 18.2 Å². The first kappa shape index (κ1) is 14.5. The van der Waals surface area contributed by atoms with Gasteiger partial charge in [0.25, 0.3) is 10.0 Å². The van der Waals surface area contributed by atoms with E-state index in [2.05, 4.69) is 4.98 Å². The van der Waals surface area contributed by atoms with E-state index < -0.39 is 15.7 Å². The van der Waals surface area contributed by atoms with Gasteiger partial charge in [-0.25, -0.2) is 13.2 Å². The largest absolute Gasteiger partial charge is 0.343 e. The molecule has 0 spiro atoms. The van der Waals surface area contributed by atoms with Crippen molar-refractivity contribution in [3.05, 3.63) is 59.3 Å². The third-order valence-electron chi connectivity index (χ3n) is 3.33.